The molecule has 2 N–H and O–H groups in total. The molecule has 26 heavy (non-hydrogen) atoms. The Kier molecular flexibility index (Phi) is 7.23. The van der Waals surface area contributed by atoms with E-state index in [1.165, 1.54) is 61.6 Å². The molecule has 0 radical (unpaired) electrons. The van der Waals surface area contributed by atoms with E-state index >= 15 is 0 Å². The third kappa shape index (κ3) is 4.93. The SMILES string of the molecule is CN=C(NCc1nc(C)c(C)s1)NCC1(N2CCSCC2)CCCCC1. The van der Waals surface area contributed by atoms with Crippen molar-refractivity contribution in [3.63, 3.8) is 0 Å². The summed E-state index contributed by atoms with van der Waals surface area (Å²) in [6, 6.07) is 0. The van der Waals surface area contributed by atoms with Crippen LogP contribution in [0.25, 0.3) is 0 Å². The summed E-state index contributed by atoms with van der Waals surface area (Å²) in [5.74, 6) is 3.45. The molecule has 0 atom stereocenters. The number of rotatable bonds is 5. The van der Waals surface area contributed by atoms with Gasteiger partial charge in [-0.2, -0.15) is 11.8 Å². The highest BCUT2D eigenvalue weighted by molar-refractivity contribution is 7.99. The molecule has 0 unspecified atom stereocenters. The van der Waals surface area contributed by atoms with Gasteiger partial charge in [0.2, 0.25) is 0 Å². The Morgan fingerprint density at radius 3 is 2.50 bits per heavy atom. The first-order valence-corrected chi connectivity index (χ1v) is 11.8. The fourth-order valence-corrected chi connectivity index (χ4v) is 5.87. The summed E-state index contributed by atoms with van der Waals surface area (Å²) in [6.07, 6.45) is 6.73. The van der Waals surface area contributed by atoms with Crippen LogP contribution in [0, 0.1) is 13.8 Å². The summed E-state index contributed by atoms with van der Waals surface area (Å²) in [7, 11) is 1.86. The van der Waals surface area contributed by atoms with Gasteiger partial charge in [0.1, 0.15) is 5.01 Å². The summed E-state index contributed by atoms with van der Waals surface area (Å²) in [4.78, 5) is 13.1. The van der Waals surface area contributed by atoms with Crippen molar-refractivity contribution in [3.8, 4) is 0 Å². The van der Waals surface area contributed by atoms with Gasteiger partial charge in [-0.3, -0.25) is 9.89 Å². The number of hydrogen-bond acceptors (Lipinski definition) is 5. The van der Waals surface area contributed by atoms with Crippen LogP contribution in [-0.4, -0.2) is 59.6 Å². The van der Waals surface area contributed by atoms with E-state index in [-0.39, 0.29) is 0 Å². The maximum atomic E-state index is 4.62. The number of thiazole rings is 1. The lowest BCUT2D eigenvalue weighted by Gasteiger charge is -2.48. The number of guanidine groups is 1. The molecule has 2 fully saturated rings. The minimum Gasteiger partial charge on any atom is -0.355 e. The smallest absolute Gasteiger partial charge is 0.191 e. The molecule has 2 aliphatic rings. The van der Waals surface area contributed by atoms with Crippen LogP contribution in [0.15, 0.2) is 4.99 Å². The van der Waals surface area contributed by atoms with Crippen LogP contribution in [0.3, 0.4) is 0 Å². The van der Waals surface area contributed by atoms with Crippen molar-refractivity contribution in [2.45, 2.75) is 58.0 Å². The maximum absolute atomic E-state index is 4.62. The fraction of sp³-hybridized carbons (Fsp3) is 0.789. The van der Waals surface area contributed by atoms with Crippen molar-refractivity contribution in [1.29, 1.82) is 0 Å². The monoisotopic (exact) mass is 395 g/mol. The zero-order chi connectivity index (χ0) is 18.4. The van der Waals surface area contributed by atoms with Gasteiger partial charge in [0.05, 0.1) is 12.2 Å². The first-order valence-electron chi connectivity index (χ1n) is 9.83. The Morgan fingerprint density at radius 2 is 1.88 bits per heavy atom. The van der Waals surface area contributed by atoms with Crippen molar-refractivity contribution in [3.05, 3.63) is 15.6 Å². The van der Waals surface area contributed by atoms with Gasteiger partial charge in [0.15, 0.2) is 5.96 Å². The lowest BCUT2D eigenvalue weighted by molar-refractivity contribution is 0.0626. The van der Waals surface area contributed by atoms with Gasteiger partial charge in [-0.25, -0.2) is 4.98 Å². The summed E-state index contributed by atoms with van der Waals surface area (Å²) in [5, 5.41) is 8.21. The number of nitrogens with one attached hydrogen (secondary N) is 2. The van der Waals surface area contributed by atoms with Gasteiger partial charge in [-0.1, -0.05) is 19.3 Å². The third-order valence-electron chi connectivity index (χ3n) is 5.75. The van der Waals surface area contributed by atoms with E-state index in [1.807, 2.05) is 7.05 Å². The Labute approximate surface area is 166 Å². The number of thioether (sulfide) groups is 1. The molecule has 1 aromatic heterocycles. The van der Waals surface area contributed by atoms with E-state index in [2.05, 4.69) is 51.1 Å². The highest BCUT2D eigenvalue weighted by Gasteiger charge is 2.38. The highest BCUT2D eigenvalue weighted by atomic mass is 32.2. The molecule has 1 aliphatic heterocycles. The fourth-order valence-electron chi connectivity index (χ4n) is 4.10. The van der Waals surface area contributed by atoms with Crippen LogP contribution < -0.4 is 10.6 Å². The molecule has 0 amide bonds. The van der Waals surface area contributed by atoms with Gasteiger partial charge >= 0.3 is 0 Å². The lowest BCUT2D eigenvalue weighted by Crippen LogP contribution is -2.59. The molecular weight excluding hydrogens is 362 g/mol. The molecule has 1 saturated carbocycles. The number of hydrogen-bond donors (Lipinski definition) is 2. The predicted octanol–water partition coefficient (Wildman–Crippen LogP) is 3.18. The molecule has 2 heterocycles. The third-order valence-corrected chi connectivity index (χ3v) is 7.77. The number of nitrogens with zero attached hydrogens (tertiary/aromatic N) is 3. The molecule has 0 aromatic carbocycles. The summed E-state index contributed by atoms with van der Waals surface area (Å²) >= 11 is 3.86. The van der Waals surface area contributed by atoms with Crippen molar-refractivity contribution in [2.75, 3.05) is 38.2 Å². The second kappa shape index (κ2) is 9.42. The highest BCUT2D eigenvalue weighted by Crippen LogP contribution is 2.34. The average molecular weight is 396 g/mol. The number of aromatic nitrogens is 1. The van der Waals surface area contributed by atoms with Crippen LogP contribution in [0.5, 0.6) is 0 Å². The minimum absolute atomic E-state index is 0.311. The zero-order valence-electron chi connectivity index (χ0n) is 16.4. The van der Waals surface area contributed by atoms with E-state index in [0.29, 0.717) is 5.54 Å². The van der Waals surface area contributed by atoms with E-state index in [0.717, 1.165) is 29.8 Å². The van der Waals surface area contributed by atoms with Crippen molar-refractivity contribution in [2.24, 2.45) is 4.99 Å². The van der Waals surface area contributed by atoms with E-state index < -0.39 is 0 Å². The summed E-state index contributed by atoms with van der Waals surface area (Å²) < 4.78 is 0. The average Bonchev–Trinajstić information content (AvgIpc) is 3.01. The molecule has 7 heteroatoms. The van der Waals surface area contributed by atoms with Gasteiger partial charge < -0.3 is 10.6 Å². The second-order valence-electron chi connectivity index (χ2n) is 7.41. The first kappa shape index (κ1) is 20.0. The topological polar surface area (TPSA) is 52.6 Å². The number of aliphatic imine (C=N–C) groups is 1. The molecule has 0 bridgehead atoms. The normalized spacial score (nSPS) is 21.6. The largest absolute Gasteiger partial charge is 0.355 e. The Morgan fingerprint density at radius 1 is 1.15 bits per heavy atom. The lowest BCUT2D eigenvalue weighted by atomic mass is 9.80. The quantitative estimate of drug-likeness (QED) is 0.592. The Balaban J connectivity index is 1.57. The van der Waals surface area contributed by atoms with Gasteiger partial charge in [-0.05, 0) is 26.7 Å². The molecule has 1 aliphatic carbocycles. The van der Waals surface area contributed by atoms with Crippen molar-refractivity contribution < 1.29 is 0 Å². The summed E-state index contributed by atoms with van der Waals surface area (Å²) in [5.41, 5.74) is 1.45. The zero-order valence-corrected chi connectivity index (χ0v) is 18.1. The van der Waals surface area contributed by atoms with E-state index in [1.54, 1.807) is 11.3 Å². The van der Waals surface area contributed by atoms with E-state index in [9.17, 15) is 0 Å². The molecular formula is C19H33N5S2. The number of aryl methyl sites for hydroxylation is 2. The predicted molar refractivity (Wildman–Crippen MR) is 115 cm³/mol. The van der Waals surface area contributed by atoms with Gasteiger partial charge in [0.25, 0.3) is 0 Å². The van der Waals surface area contributed by atoms with Crippen LogP contribution in [0.2, 0.25) is 0 Å². The van der Waals surface area contributed by atoms with Gasteiger partial charge in [0, 0.05) is 48.6 Å². The maximum Gasteiger partial charge on any atom is 0.191 e. The van der Waals surface area contributed by atoms with Crippen molar-refractivity contribution >= 4 is 29.1 Å². The molecule has 1 aromatic rings. The van der Waals surface area contributed by atoms with Crippen LogP contribution in [-0.2, 0) is 6.54 Å². The Hall–Kier alpha value is -0.790. The minimum atomic E-state index is 0.311. The van der Waals surface area contributed by atoms with Crippen LogP contribution in [0.1, 0.15) is 47.7 Å². The van der Waals surface area contributed by atoms with Gasteiger partial charge in [-0.15, -0.1) is 11.3 Å². The standard InChI is InChI=1S/C19H33N5S2/c1-15-16(2)26-17(23-15)13-21-18(20-3)22-14-19(7-5-4-6-8-19)24-9-11-25-12-10-24/h4-14H2,1-3H3,(H2,20,21,22). The van der Waals surface area contributed by atoms with Crippen LogP contribution >= 0.6 is 23.1 Å². The second-order valence-corrected chi connectivity index (χ2v) is 9.93. The summed E-state index contributed by atoms with van der Waals surface area (Å²) in [6.45, 7) is 8.41. The molecule has 0 spiro atoms. The van der Waals surface area contributed by atoms with Crippen LogP contribution in [0.4, 0.5) is 0 Å². The molecule has 1 saturated heterocycles. The van der Waals surface area contributed by atoms with E-state index in [4.69, 9.17) is 0 Å². The molecule has 3 rings (SSSR count). The first-order chi connectivity index (χ1) is 12.6. The molecule has 5 nitrogen and oxygen atoms in total. The Bertz CT molecular complexity index is 582. The molecule has 146 valence electrons. The van der Waals surface area contributed by atoms with Crippen molar-refractivity contribution in [1.82, 2.24) is 20.5 Å².